The monoisotopic (exact) mass is 259 g/mol. The molecule has 2 nitrogen and oxygen atoms in total. The smallest absolute Gasteiger partial charge is 0.168 e. The SMILES string of the molecule is CC1CCC(C(=O)c2c[nH]c3ccc(F)cc23)CC1. The second-order valence-electron chi connectivity index (χ2n) is 5.71. The van der Waals surface area contributed by atoms with Crippen molar-refractivity contribution >= 4 is 16.7 Å². The number of benzene rings is 1. The number of Topliss-reactive ketones (excluding diaryl/α,β-unsaturated/α-hetero) is 1. The fourth-order valence-electron chi connectivity index (χ4n) is 3.04. The van der Waals surface area contributed by atoms with E-state index in [1.54, 1.807) is 12.3 Å². The number of rotatable bonds is 2. The van der Waals surface area contributed by atoms with Crippen LogP contribution in [-0.4, -0.2) is 10.8 Å². The van der Waals surface area contributed by atoms with Gasteiger partial charge in [-0.15, -0.1) is 0 Å². The van der Waals surface area contributed by atoms with Crippen molar-refractivity contribution in [2.75, 3.05) is 0 Å². The Morgan fingerprint density at radius 1 is 1.26 bits per heavy atom. The van der Waals surface area contributed by atoms with Gasteiger partial charge in [-0.1, -0.05) is 19.8 Å². The van der Waals surface area contributed by atoms with Crippen molar-refractivity contribution in [3.63, 3.8) is 0 Å². The molecule has 1 N–H and O–H groups in total. The standard InChI is InChI=1S/C16H18FNO/c1-10-2-4-11(5-3-10)16(19)14-9-18-15-7-6-12(17)8-13(14)15/h6-11,18H,2-5H2,1H3. The number of aromatic nitrogens is 1. The largest absolute Gasteiger partial charge is 0.360 e. The van der Waals surface area contributed by atoms with Crippen LogP contribution >= 0.6 is 0 Å². The predicted molar refractivity (Wildman–Crippen MR) is 73.7 cm³/mol. The van der Waals surface area contributed by atoms with Crippen LogP contribution in [0.5, 0.6) is 0 Å². The van der Waals surface area contributed by atoms with Gasteiger partial charge in [-0.3, -0.25) is 4.79 Å². The lowest BCUT2D eigenvalue weighted by Crippen LogP contribution is -2.20. The van der Waals surface area contributed by atoms with Crippen LogP contribution in [0.1, 0.15) is 43.0 Å². The Kier molecular flexibility index (Phi) is 3.13. The molecular formula is C16H18FNO. The molecule has 1 aliphatic carbocycles. The highest BCUT2D eigenvalue weighted by atomic mass is 19.1. The molecule has 100 valence electrons. The van der Waals surface area contributed by atoms with Crippen LogP contribution in [0.15, 0.2) is 24.4 Å². The van der Waals surface area contributed by atoms with Crippen LogP contribution in [0, 0.1) is 17.7 Å². The fourth-order valence-corrected chi connectivity index (χ4v) is 3.04. The number of carbonyl (C=O) groups is 1. The van der Waals surface area contributed by atoms with Crippen molar-refractivity contribution in [2.45, 2.75) is 32.6 Å². The summed E-state index contributed by atoms with van der Waals surface area (Å²) in [4.78, 5) is 15.6. The zero-order valence-electron chi connectivity index (χ0n) is 11.1. The zero-order chi connectivity index (χ0) is 13.4. The van der Waals surface area contributed by atoms with Gasteiger partial charge in [-0.2, -0.15) is 0 Å². The third-order valence-electron chi connectivity index (χ3n) is 4.30. The number of carbonyl (C=O) groups excluding carboxylic acids is 1. The molecule has 1 aromatic carbocycles. The van der Waals surface area contributed by atoms with E-state index in [2.05, 4.69) is 11.9 Å². The zero-order valence-corrected chi connectivity index (χ0v) is 11.1. The number of aromatic amines is 1. The Balaban J connectivity index is 1.91. The first-order chi connectivity index (χ1) is 9.15. The number of H-pyrrole nitrogens is 1. The number of hydrogen-bond acceptors (Lipinski definition) is 1. The first-order valence-corrected chi connectivity index (χ1v) is 6.96. The molecule has 1 saturated carbocycles. The summed E-state index contributed by atoms with van der Waals surface area (Å²) in [6.07, 6.45) is 5.88. The second kappa shape index (κ2) is 4.80. The summed E-state index contributed by atoms with van der Waals surface area (Å²) in [6, 6.07) is 4.55. The van der Waals surface area contributed by atoms with Gasteiger partial charge in [0.25, 0.3) is 0 Å². The van der Waals surface area contributed by atoms with Crippen molar-refractivity contribution in [1.29, 1.82) is 0 Å². The highest BCUT2D eigenvalue weighted by Gasteiger charge is 2.26. The average Bonchev–Trinajstić information content (AvgIpc) is 2.81. The van der Waals surface area contributed by atoms with Crippen LogP contribution < -0.4 is 0 Å². The van der Waals surface area contributed by atoms with E-state index in [9.17, 15) is 9.18 Å². The molecule has 0 unspecified atom stereocenters. The van der Waals surface area contributed by atoms with Gasteiger partial charge in [0, 0.05) is 28.6 Å². The molecule has 2 aromatic rings. The number of ketones is 1. The van der Waals surface area contributed by atoms with Gasteiger partial charge in [0.2, 0.25) is 0 Å². The minimum Gasteiger partial charge on any atom is -0.360 e. The summed E-state index contributed by atoms with van der Waals surface area (Å²) in [7, 11) is 0. The molecule has 0 bridgehead atoms. The van der Waals surface area contributed by atoms with Crippen LogP contribution in [0.4, 0.5) is 4.39 Å². The van der Waals surface area contributed by atoms with Gasteiger partial charge in [-0.25, -0.2) is 4.39 Å². The van der Waals surface area contributed by atoms with Gasteiger partial charge < -0.3 is 4.98 Å². The van der Waals surface area contributed by atoms with Gasteiger partial charge in [0.15, 0.2) is 5.78 Å². The Morgan fingerprint density at radius 3 is 2.74 bits per heavy atom. The minimum atomic E-state index is -0.293. The fraction of sp³-hybridized carbons (Fsp3) is 0.438. The summed E-state index contributed by atoms with van der Waals surface area (Å²) in [5, 5.41) is 0.712. The molecule has 1 heterocycles. The van der Waals surface area contributed by atoms with Gasteiger partial charge >= 0.3 is 0 Å². The van der Waals surface area contributed by atoms with Crippen LogP contribution in [-0.2, 0) is 0 Å². The highest BCUT2D eigenvalue weighted by molar-refractivity contribution is 6.08. The summed E-state index contributed by atoms with van der Waals surface area (Å²) in [6.45, 7) is 2.24. The lowest BCUT2D eigenvalue weighted by Gasteiger charge is -2.24. The molecule has 0 spiro atoms. The Labute approximate surface area is 112 Å². The van der Waals surface area contributed by atoms with Crippen molar-refractivity contribution in [3.05, 3.63) is 35.8 Å². The summed E-state index contributed by atoms with van der Waals surface area (Å²) < 4.78 is 13.3. The molecule has 0 radical (unpaired) electrons. The summed E-state index contributed by atoms with van der Waals surface area (Å²) in [5.74, 6) is 0.713. The Morgan fingerprint density at radius 2 is 2.00 bits per heavy atom. The number of halogens is 1. The van der Waals surface area contributed by atoms with E-state index in [1.807, 2.05) is 0 Å². The normalized spacial score (nSPS) is 23.7. The lowest BCUT2D eigenvalue weighted by atomic mass is 9.79. The van der Waals surface area contributed by atoms with Crippen molar-refractivity contribution < 1.29 is 9.18 Å². The Hall–Kier alpha value is -1.64. The molecule has 3 heteroatoms. The predicted octanol–water partition coefficient (Wildman–Crippen LogP) is 4.32. The van der Waals surface area contributed by atoms with E-state index in [1.165, 1.54) is 12.1 Å². The molecule has 0 saturated heterocycles. The van der Waals surface area contributed by atoms with E-state index >= 15 is 0 Å². The van der Waals surface area contributed by atoms with E-state index in [4.69, 9.17) is 0 Å². The van der Waals surface area contributed by atoms with Crippen molar-refractivity contribution in [3.8, 4) is 0 Å². The number of hydrogen-bond donors (Lipinski definition) is 1. The maximum Gasteiger partial charge on any atom is 0.168 e. The number of fused-ring (bicyclic) bond motifs is 1. The van der Waals surface area contributed by atoms with Gasteiger partial charge in [0.05, 0.1) is 0 Å². The highest BCUT2D eigenvalue weighted by Crippen LogP contribution is 2.32. The molecule has 1 fully saturated rings. The van der Waals surface area contributed by atoms with E-state index < -0.39 is 0 Å². The third-order valence-corrected chi connectivity index (χ3v) is 4.30. The molecular weight excluding hydrogens is 241 g/mol. The first-order valence-electron chi connectivity index (χ1n) is 6.96. The van der Waals surface area contributed by atoms with E-state index in [0.717, 1.165) is 37.1 Å². The van der Waals surface area contributed by atoms with Crippen LogP contribution in [0.3, 0.4) is 0 Å². The summed E-state index contributed by atoms with van der Waals surface area (Å²) >= 11 is 0. The molecule has 19 heavy (non-hydrogen) atoms. The minimum absolute atomic E-state index is 0.110. The molecule has 0 amide bonds. The maximum absolute atomic E-state index is 13.3. The topological polar surface area (TPSA) is 32.9 Å². The molecule has 1 aliphatic rings. The molecule has 1 aromatic heterocycles. The van der Waals surface area contributed by atoms with E-state index in [-0.39, 0.29) is 17.5 Å². The lowest BCUT2D eigenvalue weighted by molar-refractivity contribution is 0.0877. The number of nitrogens with one attached hydrogen (secondary N) is 1. The van der Waals surface area contributed by atoms with Gasteiger partial charge in [0.1, 0.15) is 5.82 Å². The molecule has 0 atom stereocenters. The van der Waals surface area contributed by atoms with Crippen LogP contribution in [0.2, 0.25) is 0 Å². The quantitative estimate of drug-likeness (QED) is 0.801. The molecule has 0 aliphatic heterocycles. The maximum atomic E-state index is 13.3. The van der Waals surface area contributed by atoms with Gasteiger partial charge in [-0.05, 0) is 37.0 Å². The van der Waals surface area contributed by atoms with Crippen molar-refractivity contribution in [2.24, 2.45) is 11.8 Å². The van der Waals surface area contributed by atoms with Crippen molar-refractivity contribution in [1.82, 2.24) is 4.98 Å². The third kappa shape index (κ3) is 2.29. The molecule has 3 rings (SSSR count). The average molecular weight is 259 g/mol. The van der Waals surface area contributed by atoms with Crippen LogP contribution in [0.25, 0.3) is 10.9 Å². The Bertz CT molecular complexity index is 608. The van der Waals surface area contributed by atoms with E-state index in [0.29, 0.717) is 10.9 Å². The second-order valence-corrected chi connectivity index (χ2v) is 5.71. The summed E-state index contributed by atoms with van der Waals surface area (Å²) in [5.41, 5.74) is 1.47. The first kappa shape index (κ1) is 12.4.